The third-order valence-corrected chi connectivity index (χ3v) is 9.04. The molecule has 5 nitrogen and oxygen atoms in total. The first-order valence-corrected chi connectivity index (χ1v) is 14.5. The zero-order valence-corrected chi connectivity index (χ0v) is 23.5. The van der Waals surface area contributed by atoms with Crippen LogP contribution in [0.2, 0.25) is 0 Å². The smallest absolute Gasteiger partial charge is 0.339 e. The SMILES string of the molecule is CCOC(=O)C(C)[C@@H](OC(=O)c1ccccc1P(c1ccccc1)c1ccccc1)[C@H](C)CCCC(C)=O. The number of ketones is 1. The van der Waals surface area contributed by atoms with Crippen molar-refractivity contribution in [3.05, 3.63) is 90.5 Å². The summed E-state index contributed by atoms with van der Waals surface area (Å²) < 4.78 is 11.4. The zero-order valence-electron chi connectivity index (χ0n) is 22.6. The molecule has 1 unspecified atom stereocenters. The highest BCUT2D eigenvalue weighted by Gasteiger charge is 2.34. The molecule has 3 rings (SSSR count). The Morgan fingerprint density at radius 1 is 0.816 bits per heavy atom. The molecule has 3 aromatic rings. The number of carbonyl (C=O) groups excluding carboxylic acids is 3. The van der Waals surface area contributed by atoms with Gasteiger partial charge in [-0.3, -0.25) is 4.79 Å². The van der Waals surface area contributed by atoms with Crippen molar-refractivity contribution in [1.29, 1.82) is 0 Å². The standard InChI is InChI=1S/C32H37O5P/c1-5-36-31(34)25(4)30(23(2)15-14-16-24(3)33)37-32(35)28-21-12-13-22-29(28)38(26-17-8-6-9-18-26)27-19-10-7-11-20-27/h6-13,17-23,25,30H,5,14-16H2,1-4H3/t23-,25?,30+/m1/s1. The van der Waals surface area contributed by atoms with E-state index in [9.17, 15) is 14.4 Å². The van der Waals surface area contributed by atoms with Crippen molar-refractivity contribution in [2.75, 3.05) is 6.61 Å². The van der Waals surface area contributed by atoms with E-state index in [4.69, 9.17) is 9.47 Å². The van der Waals surface area contributed by atoms with Gasteiger partial charge in [0.2, 0.25) is 0 Å². The summed E-state index contributed by atoms with van der Waals surface area (Å²) >= 11 is 0. The minimum atomic E-state index is -1.02. The molecule has 200 valence electrons. The number of ether oxygens (including phenoxy) is 2. The first-order valence-electron chi connectivity index (χ1n) is 13.2. The summed E-state index contributed by atoms with van der Waals surface area (Å²) in [7, 11) is -1.02. The van der Waals surface area contributed by atoms with Crippen molar-refractivity contribution in [1.82, 2.24) is 0 Å². The maximum atomic E-state index is 13.8. The Kier molecular flexibility index (Phi) is 11.2. The normalized spacial score (nSPS) is 13.4. The molecule has 0 saturated heterocycles. The predicted octanol–water partition coefficient (Wildman–Crippen LogP) is 5.56. The lowest BCUT2D eigenvalue weighted by molar-refractivity contribution is -0.152. The number of esters is 2. The minimum Gasteiger partial charge on any atom is -0.466 e. The molecule has 0 aliphatic carbocycles. The fraction of sp³-hybridized carbons (Fsp3) is 0.344. The first kappa shape index (κ1) is 29.3. The molecule has 0 aliphatic heterocycles. The van der Waals surface area contributed by atoms with Crippen LogP contribution in [0.25, 0.3) is 0 Å². The van der Waals surface area contributed by atoms with E-state index in [2.05, 4.69) is 24.3 Å². The second kappa shape index (κ2) is 14.6. The van der Waals surface area contributed by atoms with Crippen molar-refractivity contribution in [2.45, 2.75) is 53.1 Å². The lowest BCUT2D eigenvalue weighted by atomic mass is 9.89. The van der Waals surface area contributed by atoms with Crippen LogP contribution in [0.4, 0.5) is 0 Å². The van der Waals surface area contributed by atoms with Gasteiger partial charge >= 0.3 is 11.9 Å². The van der Waals surface area contributed by atoms with Crippen molar-refractivity contribution in [2.24, 2.45) is 11.8 Å². The van der Waals surface area contributed by atoms with E-state index in [1.165, 1.54) is 0 Å². The second-order valence-electron chi connectivity index (χ2n) is 9.51. The molecule has 0 bridgehead atoms. The van der Waals surface area contributed by atoms with E-state index in [-0.39, 0.29) is 18.3 Å². The topological polar surface area (TPSA) is 69.7 Å². The lowest BCUT2D eigenvalue weighted by Crippen LogP contribution is -2.38. The van der Waals surface area contributed by atoms with Gasteiger partial charge in [0, 0.05) is 6.42 Å². The van der Waals surface area contributed by atoms with Gasteiger partial charge in [0.1, 0.15) is 11.9 Å². The monoisotopic (exact) mass is 532 g/mol. The number of Topliss-reactive ketones (excluding diaryl/α,β-unsaturated/α-hetero) is 1. The fourth-order valence-corrected chi connectivity index (χ4v) is 7.00. The van der Waals surface area contributed by atoms with Crippen molar-refractivity contribution in [3.63, 3.8) is 0 Å². The molecule has 6 heteroatoms. The first-order chi connectivity index (χ1) is 18.3. The molecule has 0 fully saturated rings. The Labute approximate surface area is 227 Å². The van der Waals surface area contributed by atoms with Crippen LogP contribution in [0, 0.1) is 11.8 Å². The van der Waals surface area contributed by atoms with Crippen LogP contribution in [0.1, 0.15) is 57.3 Å². The number of hydrogen-bond donors (Lipinski definition) is 0. The molecule has 0 amide bonds. The Morgan fingerprint density at radius 2 is 1.37 bits per heavy atom. The van der Waals surface area contributed by atoms with Gasteiger partial charge < -0.3 is 14.3 Å². The predicted molar refractivity (Wildman–Crippen MR) is 154 cm³/mol. The van der Waals surface area contributed by atoms with Gasteiger partial charge in [0.15, 0.2) is 0 Å². The highest BCUT2D eigenvalue weighted by molar-refractivity contribution is 7.80. The molecular formula is C32H37O5P. The van der Waals surface area contributed by atoms with Crippen molar-refractivity contribution in [3.8, 4) is 0 Å². The van der Waals surface area contributed by atoms with E-state index in [1.54, 1.807) is 26.8 Å². The molecule has 0 aliphatic rings. The molecule has 0 radical (unpaired) electrons. The highest BCUT2D eigenvalue weighted by atomic mass is 31.1. The van der Waals surface area contributed by atoms with E-state index in [1.807, 2.05) is 61.5 Å². The maximum absolute atomic E-state index is 13.8. The Morgan fingerprint density at radius 3 is 1.92 bits per heavy atom. The van der Waals surface area contributed by atoms with E-state index >= 15 is 0 Å². The summed E-state index contributed by atoms with van der Waals surface area (Å²) in [4.78, 5) is 37.9. The van der Waals surface area contributed by atoms with Gasteiger partial charge in [-0.15, -0.1) is 0 Å². The zero-order chi connectivity index (χ0) is 27.5. The van der Waals surface area contributed by atoms with Gasteiger partial charge in [-0.25, -0.2) is 4.79 Å². The number of carbonyl (C=O) groups is 3. The van der Waals surface area contributed by atoms with Crippen molar-refractivity contribution < 1.29 is 23.9 Å². The van der Waals surface area contributed by atoms with Crippen LogP contribution in [-0.2, 0) is 19.1 Å². The maximum Gasteiger partial charge on any atom is 0.339 e. The average Bonchev–Trinajstić information content (AvgIpc) is 2.92. The summed E-state index contributed by atoms with van der Waals surface area (Å²) in [5.41, 5.74) is 0.489. The Hall–Kier alpha value is -3.30. The van der Waals surface area contributed by atoms with Crippen LogP contribution in [0.5, 0.6) is 0 Å². The van der Waals surface area contributed by atoms with Crippen LogP contribution < -0.4 is 15.9 Å². The van der Waals surface area contributed by atoms with Gasteiger partial charge in [-0.2, -0.15) is 0 Å². The van der Waals surface area contributed by atoms with Crippen LogP contribution >= 0.6 is 7.92 Å². The van der Waals surface area contributed by atoms with E-state index in [0.29, 0.717) is 24.8 Å². The van der Waals surface area contributed by atoms with Gasteiger partial charge in [0.05, 0.1) is 18.1 Å². The summed E-state index contributed by atoms with van der Waals surface area (Å²) in [6.07, 6.45) is 1.11. The Bertz CT molecular complexity index is 1160. The largest absolute Gasteiger partial charge is 0.466 e. The van der Waals surface area contributed by atoms with Crippen LogP contribution in [-0.4, -0.2) is 30.4 Å². The number of rotatable bonds is 13. The van der Waals surface area contributed by atoms with E-state index in [0.717, 1.165) is 15.9 Å². The third kappa shape index (κ3) is 7.85. The third-order valence-electron chi connectivity index (χ3n) is 6.54. The molecule has 3 aromatic carbocycles. The summed E-state index contributed by atoms with van der Waals surface area (Å²) in [5, 5.41) is 3.16. The van der Waals surface area contributed by atoms with Crippen LogP contribution in [0.15, 0.2) is 84.9 Å². The molecule has 3 atom stereocenters. The highest BCUT2D eigenvalue weighted by Crippen LogP contribution is 2.34. The molecule has 0 spiro atoms. The summed E-state index contributed by atoms with van der Waals surface area (Å²) in [6.45, 7) is 7.28. The Balaban J connectivity index is 1.97. The molecule has 0 N–H and O–H groups in total. The molecule has 0 aromatic heterocycles. The fourth-order valence-electron chi connectivity index (χ4n) is 4.57. The van der Waals surface area contributed by atoms with Crippen LogP contribution in [0.3, 0.4) is 0 Å². The molecule has 0 heterocycles. The van der Waals surface area contributed by atoms with Crippen molar-refractivity contribution >= 4 is 41.6 Å². The molecule has 0 saturated carbocycles. The molecule has 38 heavy (non-hydrogen) atoms. The number of benzene rings is 3. The lowest BCUT2D eigenvalue weighted by Gasteiger charge is -2.29. The second-order valence-corrected chi connectivity index (χ2v) is 11.7. The minimum absolute atomic E-state index is 0.119. The summed E-state index contributed by atoms with van der Waals surface area (Å²) in [5.74, 6) is -1.50. The molecular weight excluding hydrogens is 495 g/mol. The van der Waals surface area contributed by atoms with E-state index < -0.39 is 31.9 Å². The number of hydrogen-bond acceptors (Lipinski definition) is 5. The van der Waals surface area contributed by atoms with Gasteiger partial charge in [-0.05, 0) is 69.4 Å². The van der Waals surface area contributed by atoms with Gasteiger partial charge in [-0.1, -0.05) is 85.8 Å². The quantitative estimate of drug-likeness (QED) is 0.213. The van der Waals surface area contributed by atoms with Gasteiger partial charge in [0.25, 0.3) is 0 Å². The average molecular weight is 533 g/mol. The summed E-state index contributed by atoms with van der Waals surface area (Å²) in [6, 6.07) is 27.9.